The van der Waals surface area contributed by atoms with Crippen LogP contribution in [0.3, 0.4) is 0 Å². The number of rotatable bonds is 3. The molecule has 0 saturated carbocycles. The summed E-state index contributed by atoms with van der Waals surface area (Å²) in [6, 6.07) is 6.83. The van der Waals surface area contributed by atoms with Crippen molar-refractivity contribution in [2.75, 3.05) is 12.3 Å². The molecule has 0 unspecified atom stereocenters. The summed E-state index contributed by atoms with van der Waals surface area (Å²) >= 11 is 0. The fourth-order valence-electron chi connectivity index (χ4n) is 1.90. The van der Waals surface area contributed by atoms with Crippen LogP contribution in [0.2, 0.25) is 0 Å². The molecule has 0 aliphatic carbocycles. The SMILES string of the molecule is CCOc1cc(-c2nc(N)cc(C(C)(C)C)n2)ccc1O. The molecular formula is C16H21N3O2. The van der Waals surface area contributed by atoms with E-state index in [1.54, 1.807) is 24.3 Å². The molecule has 0 spiro atoms. The lowest BCUT2D eigenvalue weighted by molar-refractivity contribution is 0.318. The molecule has 0 radical (unpaired) electrons. The Bertz CT molecular complexity index is 648. The standard InChI is InChI=1S/C16H21N3O2/c1-5-21-12-8-10(6-7-11(12)20)15-18-13(16(2,3)4)9-14(17)19-15/h6-9,20H,5H2,1-4H3,(H2,17,18,19). The molecule has 21 heavy (non-hydrogen) atoms. The lowest BCUT2D eigenvalue weighted by Gasteiger charge is -2.19. The second kappa shape index (κ2) is 5.60. The van der Waals surface area contributed by atoms with E-state index in [2.05, 4.69) is 30.7 Å². The number of hydrogen-bond acceptors (Lipinski definition) is 5. The first-order chi connectivity index (χ1) is 9.81. The normalized spacial score (nSPS) is 11.4. The smallest absolute Gasteiger partial charge is 0.161 e. The molecule has 2 aromatic rings. The maximum Gasteiger partial charge on any atom is 0.161 e. The van der Waals surface area contributed by atoms with Gasteiger partial charge in [0.25, 0.3) is 0 Å². The van der Waals surface area contributed by atoms with Crippen LogP contribution in [0, 0.1) is 0 Å². The van der Waals surface area contributed by atoms with Crippen LogP contribution in [-0.4, -0.2) is 21.7 Å². The van der Waals surface area contributed by atoms with Gasteiger partial charge in [-0.1, -0.05) is 20.8 Å². The van der Waals surface area contributed by atoms with Crippen molar-refractivity contribution in [1.82, 2.24) is 9.97 Å². The zero-order valence-corrected chi connectivity index (χ0v) is 12.8. The lowest BCUT2D eigenvalue weighted by atomic mass is 9.92. The Labute approximate surface area is 124 Å². The summed E-state index contributed by atoms with van der Waals surface area (Å²) in [7, 11) is 0. The Morgan fingerprint density at radius 3 is 2.52 bits per heavy atom. The third kappa shape index (κ3) is 3.42. The van der Waals surface area contributed by atoms with E-state index in [1.165, 1.54) is 0 Å². The maximum absolute atomic E-state index is 9.76. The number of nitrogens with two attached hydrogens (primary N) is 1. The first-order valence-electron chi connectivity index (χ1n) is 6.92. The van der Waals surface area contributed by atoms with Gasteiger partial charge in [-0.2, -0.15) is 0 Å². The zero-order chi connectivity index (χ0) is 15.6. The molecule has 2 rings (SSSR count). The van der Waals surface area contributed by atoms with Crippen molar-refractivity contribution in [3.63, 3.8) is 0 Å². The van der Waals surface area contributed by atoms with E-state index in [4.69, 9.17) is 10.5 Å². The highest BCUT2D eigenvalue weighted by atomic mass is 16.5. The summed E-state index contributed by atoms with van der Waals surface area (Å²) in [6.45, 7) is 8.55. The lowest BCUT2D eigenvalue weighted by Crippen LogP contribution is -2.15. The number of phenolic OH excluding ortho intramolecular Hbond substituents is 1. The predicted molar refractivity (Wildman–Crippen MR) is 83.4 cm³/mol. The zero-order valence-electron chi connectivity index (χ0n) is 12.8. The highest BCUT2D eigenvalue weighted by Gasteiger charge is 2.18. The number of aromatic nitrogens is 2. The molecule has 0 aliphatic heterocycles. The molecule has 112 valence electrons. The molecule has 5 heteroatoms. The van der Waals surface area contributed by atoms with Gasteiger partial charge in [0, 0.05) is 17.0 Å². The summed E-state index contributed by atoms with van der Waals surface area (Å²) in [4.78, 5) is 8.86. The second-order valence-electron chi connectivity index (χ2n) is 5.87. The summed E-state index contributed by atoms with van der Waals surface area (Å²) in [6.07, 6.45) is 0. The molecule has 3 N–H and O–H groups in total. The van der Waals surface area contributed by atoms with Crippen LogP contribution in [-0.2, 0) is 5.41 Å². The summed E-state index contributed by atoms with van der Waals surface area (Å²) < 4.78 is 5.39. The van der Waals surface area contributed by atoms with Gasteiger partial charge in [-0.3, -0.25) is 0 Å². The van der Waals surface area contributed by atoms with Gasteiger partial charge >= 0.3 is 0 Å². The highest BCUT2D eigenvalue weighted by molar-refractivity contribution is 5.62. The monoisotopic (exact) mass is 287 g/mol. The van der Waals surface area contributed by atoms with Crippen LogP contribution in [0.15, 0.2) is 24.3 Å². The molecule has 0 amide bonds. The summed E-state index contributed by atoms with van der Waals surface area (Å²) in [5.74, 6) is 1.47. The molecule has 0 fully saturated rings. The van der Waals surface area contributed by atoms with E-state index in [1.807, 2.05) is 6.92 Å². The van der Waals surface area contributed by atoms with Gasteiger partial charge in [0.1, 0.15) is 5.82 Å². The van der Waals surface area contributed by atoms with Crippen LogP contribution in [0.1, 0.15) is 33.4 Å². The Morgan fingerprint density at radius 2 is 1.90 bits per heavy atom. The Hall–Kier alpha value is -2.30. The van der Waals surface area contributed by atoms with E-state index in [0.29, 0.717) is 24.0 Å². The third-order valence-electron chi connectivity index (χ3n) is 3.03. The van der Waals surface area contributed by atoms with Crippen LogP contribution in [0.5, 0.6) is 11.5 Å². The quantitative estimate of drug-likeness (QED) is 0.906. The largest absolute Gasteiger partial charge is 0.504 e. The second-order valence-corrected chi connectivity index (χ2v) is 5.87. The van der Waals surface area contributed by atoms with Crippen molar-refractivity contribution in [2.24, 2.45) is 0 Å². The van der Waals surface area contributed by atoms with E-state index < -0.39 is 0 Å². The fourth-order valence-corrected chi connectivity index (χ4v) is 1.90. The number of nitrogens with zero attached hydrogens (tertiary/aromatic N) is 2. The molecule has 0 bridgehead atoms. The van der Waals surface area contributed by atoms with Crippen LogP contribution in [0.4, 0.5) is 5.82 Å². The fraction of sp³-hybridized carbons (Fsp3) is 0.375. The minimum absolute atomic E-state index is 0.0977. The van der Waals surface area contributed by atoms with Crippen molar-refractivity contribution >= 4 is 5.82 Å². The van der Waals surface area contributed by atoms with Crippen LogP contribution < -0.4 is 10.5 Å². The summed E-state index contributed by atoms with van der Waals surface area (Å²) in [5.41, 5.74) is 7.40. The van der Waals surface area contributed by atoms with Gasteiger partial charge in [-0.25, -0.2) is 9.97 Å². The molecule has 0 atom stereocenters. The van der Waals surface area contributed by atoms with Gasteiger partial charge in [0.2, 0.25) is 0 Å². The number of anilines is 1. The molecule has 0 saturated heterocycles. The number of phenols is 1. The van der Waals surface area contributed by atoms with Crippen LogP contribution >= 0.6 is 0 Å². The van der Waals surface area contributed by atoms with Crippen molar-refractivity contribution < 1.29 is 9.84 Å². The Balaban J connectivity index is 2.51. The van der Waals surface area contributed by atoms with Crippen molar-refractivity contribution in [1.29, 1.82) is 0 Å². The minimum atomic E-state index is -0.120. The van der Waals surface area contributed by atoms with Gasteiger partial charge in [0.15, 0.2) is 17.3 Å². The van der Waals surface area contributed by atoms with Crippen molar-refractivity contribution in [3.8, 4) is 22.9 Å². The number of ether oxygens (including phenoxy) is 1. The van der Waals surface area contributed by atoms with E-state index in [0.717, 1.165) is 11.3 Å². The molecule has 5 nitrogen and oxygen atoms in total. The molecule has 0 aliphatic rings. The average Bonchev–Trinajstić information content (AvgIpc) is 2.40. The van der Waals surface area contributed by atoms with E-state index >= 15 is 0 Å². The molecule has 1 heterocycles. The number of aromatic hydroxyl groups is 1. The average molecular weight is 287 g/mol. The maximum atomic E-state index is 9.76. The van der Waals surface area contributed by atoms with Crippen molar-refractivity contribution in [3.05, 3.63) is 30.0 Å². The van der Waals surface area contributed by atoms with E-state index in [-0.39, 0.29) is 11.2 Å². The topological polar surface area (TPSA) is 81.3 Å². The van der Waals surface area contributed by atoms with Gasteiger partial charge in [0.05, 0.1) is 12.3 Å². The van der Waals surface area contributed by atoms with Gasteiger partial charge < -0.3 is 15.6 Å². The Kier molecular flexibility index (Phi) is 4.02. The molecular weight excluding hydrogens is 266 g/mol. The number of nitrogen functional groups attached to an aromatic ring is 1. The molecule has 1 aromatic heterocycles. The minimum Gasteiger partial charge on any atom is -0.504 e. The van der Waals surface area contributed by atoms with Gasteiger partial charge in [-0.15, -0.1) is 0 Å². The first-order valence-corrected chi connectivity index (χ1v) is 6.92. The molecule has 1 aromatic carbocycles. The Morgan fingerprint density at radius 1 is 1.19 bits per heavy atom. The number of benzene rings is 1. The van der Waals surface area contributed by atoms with Gasteiger partial charge in [-0.05, 0) is 25.1 Å². The predicted octanol–water partition coefficient (Wildman–Crippen LogP) is 3.13. The first kappa shape index (κ1) is 15.1. The number of hydrogen-bond donors (Lipinski definition) is 2. The van der Waals surface area contributed by atoms with Crippen LogP contribution in [0.25, 0.3) is 11.4 Å². The third-order valence-corrected chi connectivity index (χ3v) is 3.03. The summed E-state index contributed by atoms with van der Waals surface area (Å²) in [5, 5.41) is 9.76. The highest BCUT2D eigenvalue weighted by Crippen LogP contribution is 2.31. The van der Waals surface area contributed by atoms with Crippen molar-refractivity contribution in [2.45, 2.75) is 33.1 Å². The van der Waals surface area contributed by atoms with E-state index in [9.17, 15) is 5.11 Å².